The predicted octanol–water partition coefficient (Wildman–Crippen LogP) is 1.43. The lowest BCUT2D eigenvalue weighted by Gasteiger charge is -2.10. The topological polar surface area (TPSA) is 53.7 Å². The van der Waals surface area contributed by atoms with Crippen LogP contribution in [0.2, 0.25) is 0 Å². The van der Waals surface area contributed by atoms with Gasteiger partial charge in [0.25, 0.3) is 0 Å². The molecule has 0 unspecified atom stereocenters. The first-order valence-corrected chi connectivity index (χ1v) is 4.86. The molecule has 2 N–H and O–H groups in total. The number of nitrogens with two attached hydrogens (primary N) is 1. The Labute approximate surface area is 89.9 Å². The summed E-state index contributed by atoms with van der Waals surface area (Å²) in [5.41, 5.74) is 5.37. The van der Waals surface area contributed by atoms with Gasteiger partial charge in [-0.05, 0) is 25.1 Å². The molecule has 1 rings (SSSR count). The fourth-order valence-corrected chi connectivity index (χ4v) is 1.18. The van der Waals surface area contributed by atoms with Crippen LogP contribution in [0.5, 0.6) is 17.2 Å². The highest BCUT2D eigenvalue weighted by molar-refractivity contribution is 5.45. The molecule has 0 aliphatic rings. The first-order chi connectivity index (χ1) is 7.31. The van der Waals surface area contributed by atoms with Crippen LogP contribution < -0.4 is 19.9 Å². The van der Waals surface area contributed by atoms with E-state index in [1.165, 1.54) is 0 Å². The van der Waals surface area contributed by atoms with E-state index in [-0.39, 0.29) is 0 Å². The van der Waals surface area contributed by atoms with Gasteiger partial charge in [0, 0.05) is 6.07 Å². The molecule has 0 amide bonds. The SMILES string of the molecule is COc1ccc(OCCCN)cc1OC. The fraction of sp³-hybridized carbons (Fsp3) is 0.455. The van der Waals surface area contributed by atoms with Crippen molar-refractivity contribution >= 4 is 0 Å². The highest BCUT2D eigenvalue weighted by Gasteiger charge is 2.04. The smallest absolute Gasteiger partial charge is 0.164 e. The van der Waals surface area contributed by atoms with Gasteiger partial charge in [-0.25, -0.2) is 0 Å². The Balaban J connectivity index is 2.66. The van der Waals surface area contributed by atoms with Crippen LogP contribution in [0, 0.1) is 0 Å². The third kappa shape index (κ3) is 3.32. The van der Waals surface area contributed by atoms with Crippen LogP contribution in [0.3, 0.4) is 0 Å². The predicted molar refractivity (Wildman–Crippen MR) is 58.7 cm³/mol. The van der Waals surface area contributed by atoms with Crippen molar-refractivity contribution in [3.05, 3.63) is 18.2 Å². The van der Waals surface area contributed by atoms with E-state index in [4.69, 9.17) is 19.9 Å². The molecular weight excluding hydrogens is 194 g/mol. The van der Waals surface area contributed by atoms with Gasteiger partial charge in [-0.3, -0.25) is 0 Å². The number of ether oxygens (including phenoxy) is 3. The number of rotatable bonds is 6. The maximum absolute atomic E-state index is 5.47. The van der Waals surface area contributed by atoms with Gasteiger partial charge < -0.3 is 19.9 Å². The lowest BCUT2D eigenvalue weighted by atomic mass is 10.3. The first kappa shape index (κ1) is 11.7. The van der Waals surface area contributed by atoms with Crippen molar-refractivity contribution in [2.45, 2.75) is 6.42 Å². The molecular formula is C11H17NO3. The second kappa shape index (κ2) is 6.14. The zero-order chi connectivity index (χ0) is 11.1. The van der Waals surface area contributed by atoms with Crippen LogP contribution >= 0.6 is 0 Å². The number of hydrogen-bond acceptors (Lipinski definition) is 4. The minimum absolute atomic E-state index is 0.617. The normalized spacial score (nSPS) is 9.80. The summed E-state index contributed by atoms with van der Waals surface area (Å²) in [6.07, 6.45) is 0.842. The summed E-state index contributed by atoms with van der Waals surface area (Å²) < 4.78 is 15.7. The molecule has 0 radical (unpaired) electrons. The molecule has 0 saturated heterocycles. The van der Waals surface area contributed by atoms with Crippen molar-refractivity contribution in [1.82, 2.24) is 0 Å². The van der Waals surface area contributed by atoms with E-state index >= 15 is 0 Å². The van der Waals surface area contributed by atoms with E-state index in [0.29, 0.717) is 24.7 Å². The van der Waals surface area contributed by atoms with Crippen molar-refractivity contribution in [1.29, 1.82) is 0 Å². The van der Waals surface area contributed by atoms with Gasteiger partial charge >= 0.3 is 0 Å². The molecule has 4 nitrogen and oxygen atoms in total. The number of hydrogen-bond donors (Lipinski definition) is 1. The summed E-state index contributed by atoms with van der Waals surface area (Å²) >= 11 is 0. The van der Waals surface area contributed by atoms with E-state index in [0.717, 1.165) is 12.2 Å². The summed E-state index contributed by atoms with van der Waals surface area (Å²) in [6, 6.07) is 5.46. The fourth-order valence-electron chi connectivity index (χ4n) is 1.18. The van der Waals surface area contributed by atoms with E-state index in [1.54, 1.807) is 20.3 Å². The molecule has 1 aromatic rings. The molecule has 4 heteroatoms. The number of methoxy groups -OCH3 is 2. The van der Waals surface area contributed by atoms with Crippen LogP contribution in [0.1, 0.15) is 6.42 Å². The number of benzene rings is 1. The quantitative estimate of drug-likeness (QED) is 0.723. The molecule has 84 valence electrons. The third-order valence-electron chi connectivity index (χ3n) is 1.97. The van der Waals surface area contributed by atoms with Crippen molar-refractivity contribution in [3.63, 3.8) is 0 Å². The van der Waals surface area contributed by atoms with Crippen LogP contribution in [0.15, 0.2) is 18.2 Å². The average molecular weight is 211 g/mol. The van der Waals surface area contributed by atoms with Gasteiger partial charge in [-0.2, -0.15) is 0 Å². The minimum Gasteiger partial charge on any atom is -0.493 e. The Morgan fingerprint density at radius 3 is 2.47 bits per heavy atom. The molecule has 0 atom stereocenters. The maximum atomic E-state index is 5.47. The van der Waals surface area contributed by atoms with E-state index in [1.807, 2.05) is 12.1 Å². The highest BCUT2D eigenvalue weighted by atomic mass is 16.5. The van der Waals surface area contributed by atoms with Crippen LogP contribution in [0.4, 0.5) is 0 Å². The lowest BCUT2D eigenvalue weighted by molar-refractivity contribution is 0.307. The summed E-state index contributed by atoms with van der Waals surface area (Å²) in [7, 11) is 3.20. The van der Waals surface area contributed by atoms with E-state index in [2.05, 4.69) is 0 Å². The van der Waals surface area contributed by atoms with Crippen molar-refractivity contribution in [2.24, 2.45) is 5.73 Å². The molecule has 0 bridgehead atoms. The van der Waals surface area contributed by atoms with Crippen molar-refractivity contribution in [2.75, 3.05) is 27.4 Å². The molecule has 0 aromatic heterocycles. The summed E-state index contributed by atoms with van der Waals surface area (Å²) in [4.78, 5) is 0. The Hall–Kier alpha value is -1.42. The summed E-state index contributed by atoms with van der Waals surface area (Å²) in [5.74, 6) is 2.13. The van der Waals surface area contributed by atoms with E-state index < -0.39 is 0 Å². The minimum atomic E-state index is 0.617. The average Bonchev–Trinajstić information content (AvgIpc) is 2.29. The van der Waals surface area contributed by atoms with Crippen LogP contribution in [-0.4, -0.2) is 27.4 Å². The van der Waals surface area contributed by atoms with Gasteiger partial charge in [-0.1, -0.05) is 0 Å². The van der Waals surface area contributed by atoms with Gasteiger partial charge in [-0.15, -0.1) is 0 Å². The first-order valence-electron chi connectivity index (χ1n) is 4.86. The van der Waals surface area contributed by atoms with Gasteiger partial charge in [0.1, 0.15) is 5.75 Å². The molecule has 0 spiro atoms. The highest BCUT2D eigenvalue weighted by Crippen LogP contribution is 2.30. The van der Waals surface area contributed by atoms with Crippen LogP contribution in [-0.2, 0) is 0 Å². The Morgan fingerprint density at radius 2 is 1.87 bits per heavy atom. The molecule has 1 aromatic carbocycles. The van der Waals surface area contributed by atoms with Gasteiger partial charge in [0.05, 0.1) is 20.8 Å². The van der Waals surface area contributed by atoms with Crippen molar-refractivity contribution < 1.29 is 14.2 Å². The Morgan fingerprint density at radius 1 is 1.13 bits per heavy atom. The molecule has 0 aliphatic heterocycles. The Kier molecular flexibility index (Phi) is 4.77. The molecule has 0 aliphatic carbocycles. The lowest BCUT2D eigenvalue weighted by Crippen LogP contribution is -2.06. The molecule has 0 saturated carbocycles. The molecule has 0 fully saturated rings. The zero-order valence-corrected chi connectivity index (χ0v) is 9.16. The Bertz CT molecular complexity index is 302. The van der Waals surface area contributed by atoms with Gasteiger partial charge in [0.2, 0.25) is 0 Å². The van der Waals surface area contributed by atoms with Gasteiger partial charge in [0.15, 0.2) is 11.5 Å². The summed E-state index contributed by atoms with van der Waals surface area (Å²) in [6.45, 7) is 1.25. The monoisotopic (exact) mass is 211 g/mol. The van der Waals surface area contributed by atoms with Crippen molar-refractivity contribution in [3.8, 4) is 17.2 Å². The second-order valence-corrected chi connectivity index (χ2v) is 3.01. The third-order valence-corrected chi connectivity index (χ3v) is 1.97. The second-order valence-electron chi connectivity index (χ2n) is 3.01. The summed E-state index contributed by atoms with van der Waals surface area (Å²) in [5, 5.41) is 0. The van der Waals surface area contributed by atoms with Crippen LogP contribution in [0.25, 0.3) is 0 Å². The maximum Gasteiger partial charge on any atom is 0.164 e. The standard InChI is InChI=1S/C11H17NO3/c1-13-10-5-4-9(8-11(10)14-2)15-7-3-6-12/h4-5,8H,3,6-7,12H2,1-2H3. The molecule has 0 heterocycles. The largest absolute Gasteiger partial charge is 0.493 e. The van der Waals surface area contributed by atoms with E-state index in [9.17, 15) is 0 Å². The zero-order valence-electron chi connectivity index (χ0n) is 9.16. The molecule has 15 heavy (non-hydrogen) atoms.